The molecule has 2 aromatic rings. The Morgan fingerprint density at radius 1 is 1.31 bits per heavy atom. The van der Waals surface area contributed by atoms with Crippen molar-refractivity contribution in [3.8, 4) is 5.75 Å². The lowest BCUT2D eigenvalue weighted by Crippen LogP contribution is -2.36. The van der Waals surface area contributed by atoms with Crippen molar-refractivity contribution in [1.82, 2.24) is 5.32 Å². The zero-order chi connectivity index (χ0) is 18.7. The molecule has 0 atom stereocenters. The first kappa shape index (κ1) is 18.3. The molecular weight excluding hydrogens is 328 g/mol. The molecule has 2 N–H and O–H groups in total. The van der Waals surface area contributed by atoms with Crippen LogP contribution in [0.25, 0.3) is 0 Å². The molecule has 0 spiro atoms. The van der Waals surface area contributed by atoms with Gasteiger partial charge < -0.3 is 10.1 Å². The van der Waals surface area contributed by atoms with Crippen molar-refractivity contribution >= 4 is 11.7 Å². The van der Waals surface area contributed by atoms with E-state index < -0.39 is 6.03 Å². The second-order valence-corrected chi connectivity index (χ2v) is 6.73. The summed E-state index contributed by atoms with van der Waals surface area (Å²) in [6.07, 6.45) is 3.25. The molecule has 0 aliphatic heterocycles. The molecule has 5 heteroatoms. The van der Waals surface area contributed by atoms with Gasteiger partial charge in [0.2, 0.25) is 0 Å². The first-order valence-electron chi connectivity index (χ1n) is 9.10. The fourth-order valence-corrected chi connectivity index (χ4v) is 3.18. The van der Waals surface area contributed by atoms with E-state index in [1.807, 2.05) is 19.1 Å². The summed E-state index contributed by atoms with van der Waals surface area (Å²) in [4.78, 5) is 11.9. The quantitative estimate of drug-likeness (QED) is 0.591. The predicted molar refractivity (Wildman–Crippen MR) is 102 cm³/mol. The second kappa shape index (κ2) is 7.79. The molecule has 0 aromatic heterocycles. The average molecular weight is 354 g/mol. The standard InChI is InChI=1S/C21H26N2O3/c1-4-15-8-11-20(14(2)12-15)26-13-18-17(16-9-10-16)6-5-7-19(18)23(25)21(24)22-3/h5-8,11-12,16,25H,4,9-10,13H2,1-3H3,(H,22,24). The van der Waals surface area contributed by atoms with Crippen LogP contribution in [-0.2, 0) is 13.0 Å². The van der Waals surface area contributed by atoms with Crippen molar-refractivity contribution in [3.05, 3.63) is 58.7 Å². The summed E-state index contributed by atoms with van der Waals surface area (Å²) < 4.78 is 6.08. The lowest BCUT2D eigenvalue weighted by Gasteiger charge is -2.21. The van der Waals surface area contributed by atoms with Gasteiger partial charge in [-0.3, -0.25) is 5.21 Å². The first-order valence-corrected chi connectivity index (χ1v) is 9.10. The number of nitrogens with zero attached hydrogens (tertiary/aromatic N) is 1. The van der Waals surface area contributed by atoms with Gasteiger partial charge in [-0.05, 0) is 60.9 Å². The normalized spacial score (nSPS) is 13.4. The number of aryl methyl sites for hydroxylation is 2. The van der Waals surface area contributed by atoms with Gasteiger partial charge in [-0.25, -0.2) is 4.79 Å². The number of nitrogens with one attached hydrogen (secondary N) is 1. The molecule has 1 aliphatic rings. The van der Waals surface area contributed by atoms with Crippen molar-refractivity contribution < 1.29 is 14.7 Å². The van der Waals surface area contributed by atoms with E-state index >= 15 is 0 Å². The van der Waals surface area contributed by atoms with E-state index in [0.29, 0.717) is 23.3 Å². The Bertz CT molecular complexity index is 800. The van der Waals surface area contributed by atoms with Gasteiger partial charge in [-0.15, -0.1) is 0 Å². The largest absolute Gasteiger partial charge is 0.489 e. The third-order valence-electron chi connectivity index (χ3n) is 4.86. The van der Waals surface area contributed by atoms with E-state index in [1.165, 1.54) is 12.6 Å². The number of rotatable bonds is 6. The molecule has 0 heterocycles. The second-order valence-electron chi connectivity index (χ2n) is 6.73. The first-order chi connectivity index (χ1) is 12.5. The molecule has 0 unspecified atom stereocenters. The maximum atomic E-state index is 11.9. The van der Waals surface area contributed by atoms with Crippen LogP contribution in [0.2, 0.25) is 0 Å². The van der Waals surface area contributed by atoms with Crippen LogP contribution in [0.15, 0.2) is 36.4 Å². The van der Waals surface area contributed by atoms with Gasteiger partial charge in [0.05, 0.1) is 5.69 Å². The van der Waals surface area contributed by atoms with Crippen molar-refractivity contribution in [1.29, 1.82) is 0 Å². The van der Waals surface area contributed by atoms with Gasteiger partial charge in [0.15, 0.2) is 0 Å². The van der Waals surface area contributed by atoms with Crippen LogP contribution in [0.3, 0.4) is 0 Å². The summed E-state index contributed by atoms with van der Waals surface area (Å²) in [6, 6.07) is 11.3. The highest BCUT2D eigenvalue weighted by molar-refractivity contribution is 5.90. The Hall–Kier alpha value is -2.53. The average Bonchev–Trinajstić information content (AvgIpc) is 3.50. The van der Waals surface area contributed by atoms with Crippen LogP contribution >= 0.6 is 0 Å². The van der Waals surface area contributed by atoms with Gasteiger partial charge in [-0.1, -0.05) is 31.2 Å². The highest BCUT2D eigenvalue weighted by Crippen LogP contribution is 2.44. The third kappa shape index (κ3) is 3.83. The topological polar surface area (TPSA) is 61.8 Å². The Morgan fingerprint density at radius 2 is 2.08 bits per heavy atom. The van der Waals surface area contributed by atoms with Crippen molar-refractivity contribution in [2.24, 2.45) is 0 Å². The molecule has 1 saturated carbocycles. The summed E-state index contributed by atoms with van der Waals surface area (Å²) in [6.45, 7) is 4.47. The van der Waals surface area contributed by atoms with Crippen LogP contribution in [0, 0.1) is 6.92 Å². The minimum absolute atomic E-state index is 0.308. The number of anilines is 1. The van der Waals surface area contributed by atoms with Crippen molar-refractivity contribution in [2.75, 3.05) is 12.1 Å². The molecule has 1 aliphatic carbocycles. The number of urea groups is 1. The Labute approximate surface area is 154 Å². The molecule has 0 bridgehead atoms. The molecule has 5 nitrogen and oxygen atoms in total. The van der Waals surface area contributed by atoms with Crippen LogP contribution < -0.4 is 15.1 Å². The minimum atomic E-state index is -0.567. The van der Waals surface area contributed by atoms with Crippen LogP contribution in [0.5, 0.6) is 5.75 Å². The highest BCUT2D eigenvalue weighted by atomic mass is 16.5. The number of benzene rings is 2. The Kier molecular flexibility index (Phi) is 5.47. The van der Waals surface area contributed by atoms with Gasteiger partial charge >= 0.3 is 6.03 Å². The molecule has 0 saturated heterocycles. The lowest BCUT2D eigenvalue weighted by atomic mass is 10.0. The maximum absolute atomic E-state index is 11.9. The van der Waals surface area contributed by atoms with Gasteiger partial charge in [0.1, 0.15) is 12.4 Å². The van der Waals surface area contributed by atoms with E-state index in [2.05, 4.69) is 30.4 Å². The molecule has 2 aromatic carbocycles. The third-order valence-corrected chi connectivity index (χ3v) is 4.86. The van der Waals surface area contributed by atoms with E-state index in [1.54, 1.807) is 6.07 Å². The summed E-state index contributed by atoms with van der Waals surface area (Å²) >= 11 is 0. The Balaban J connectivity index is 1.89. The number of hydrogen-bond donors (Lipinski definition) is 2. The number of carbonyl (C=O) groups is 1. The highest BCUT2D eigenvalue weighted by Gasteiger charge is 2.29. The maximum Gasteiger partial charge on any atom is 0.345 e. The zero-order valence-electron chi connectivity index (χ0n) is 15.6. The molecule has 138 valence electrons. The Morgan fingerprint density at radius 3 is 2.69 bits per heavy atom. The summed E-state index contributed by atoms with van der Waals surface area (Å²) in [5.41, 5.74) is 4.84. The zero-order valence-corrected chi connectivity index (χ0v) is 15.6. The number of carbonyl (C=O) groups excluding carboxylic acids is 1. The molecule has 3 rings (SSSR count). The molecule has 2 amide bonds. The van der Waals surface area contributed by atoms with E-state index in [0.717, 1.165) is 41.7 Å². The fourth-order valence-electron chi connectivity index (χ4n) is 3.18. The smallest absolute Gasteiger partial charge is 0.345 e. The van der Waals surface area contributed by atoms with E-state index in [4.69, 9.17) is 4.74 Å². The summed E-state index contributed by atoms with van der Waals surface area (Å²) in [7, 11) is 1.49. The molecule has 1 fully saturated rings. The van der Waals surface area contributed by atoms with Crippen molar-refractivity contribution in [3.63, 3.8) is 0 Å². The van der Waals surface area contributed by atoms with E-state index in [9.17, 15) is 10.0 Å². The molecule has 26 heavy (non-hydrogen) atoms. The van der Waals surface area contributed by atoms with Gasteiger partial charge in [-0.2, -0.15) is 5.06 Å². The van der Waals surface area contributed by atoms with Crippen LogP contribution in [0.1, 0.15) is 47.9 Å². The predicted octanol–water partition coefficient (Wildman–Crippen LogP) is 4.55. The van der Waals surface area contributed by atoms with Crippen LogP contribution in [0.4, 0.5) is 10.5 Å². The van der Waals surface area contributed by atoms with Crippen LogP contribution in [-0.4, -0.2) is 18.3 Å². The van der Waals surface area contributed by atoms with Gasteiger partial charge in [0, 0.05) is 12.6 Å². The van der Waals surface area contributed by atoms with Crippen molar-refractivity contribution in [2.45, 2.75) is 45.6 Å². The number of ether oxygens (including phenoxy) is 1. The summed E-state index contributed by atoms with van der Waals surface area (Å²) in [5, 5.41) is 13.4. The molecular formula is C21H26N2O3. The fraction of sp³-hybridized carbons (Fsp3) is 0.381. The minimum Gasteiger partial charge on any atom is -0.489 e. The lowest BCUT2D eigenvalue weighted by molar-refractivity contribution is 0.205. The number of hydrogen-bond acceptors (Lipinski definition) is 3. The number of hydroxylamine groups is 1. The van der Waals surface area contributed by atoms with Gasteiger partial charge in [0.25, 0.3) is 0 Å². The SMILES string of the molecule is CCc1ccc(OCc2c(C3CC3)cccc2N(O)C(=O)NC)c(C)c1. The monoisotopic (exact) mass is 354 g/mol. The molecule has 0 radical (unpaired) electrons. The number of amides is 2. The van der Waals surface area contributed by atoms with E-state index in [-0.39, 0.29) is 0 Å². The summed E-state index contributed by atoms with van der Waals surface area (Å²) in [5.74, 6) is 1.30.